The number of hydrogen-bond donors (Lipinski definition) is 0. The Kier molecular flexibility index (Phi) is 5.40. The molecule has 0 unspecified atom stereocenters. The Labute approximate surface area is 130 Å². The molecule has 1 aliphatic heterocycles. The van der Waals surface area contributed by atoms with Gasteiger partial charge in [0.2, 0.25) is 5.91 Å². The van der Waals surface area contributed by atoms with Gasteiger partial charge in [-0.15, -0.1) is 11.3 Å². The van der Waals surface area contributed by atoms with E-state index in [9.17, 15) is 13.2 Å². The minimum atomic E-state index is -3.37. The number of nitrogens with zero attached hydrogens (tertiary/aromatic N) is 2. The molecular formula is C14H22N2O3S2. The highest BCUT2D eigenvalue weighted by atomic mass is 32.2. The van der Waals surface area contributed by atoms with Gasteiger partial charge in [0, 0.05) is 32.1 Å². The first-order valence-corrected chi connectivity index (χ1v) is 9.65. The van der Waals surface area contributed by atoms with E-state index in [0.717, 1.165) is 0 Å². The van der Waals surface area contributed by atoms with Crippen molar-refractivity contribution < 1.29 is 13.2 Å². The number of thiophene rings is 1. The predicted molar refractivity (Wildman–Crippen MR) is 83.7 cm³/mol. The Hall–Kier alpha value is -0.920. The molecule has 118 valence electrons. The molecule has 0 radical (unpaired) electrons. The largest absolute Gasteiger partial charge is 0.343 e. The Morgan fingerprint density at radius 2 is 1.95 bits per heavy atom. The van der Waals surface area contributed by atoms with Crippen LogP contribution in [-0.2, 0) is 14.8 Å². The van der Waals surface area contributed by atoms with E-state index in [0.29, 0.717) is 43.2 Å². The average Bonchev–Trinajstić information content (AvgIpc) is 3.03. The second-order valence-corrected chi connectivity index (χ2v) is 8.23. The van der Waals surface area contributed by atoms with Gasteiger partial charge < -0.3 is 4.90 Å². The maximum Gasteiger partial charge on any atom is 0.252 e. The molecule has 1 aliphatic rings. The van der Waals surface area contributed by atoms with Gasteiger partial charge >= 0.3 is 0 Å². The Morgan fingerprint density at radius 3 is 2.43 bits per heavy atom. The fourth-order valence-electron chi connectivity index (χ4n) is 2.67. The summed E-state index contributed by atoms with van der Waals surface area (Å²) in [5, 5.41) is 1.77. The van der Waals surface area contributed by atoms with Crippen molar-refractivity contribution in [1.29, 1.82) is 0 Å². The molecule has 0 bridgehead atoms. The number of hydrogen-bond acceptors (Lipinski definition) is 4. The molecular weight excluding hydrogens is 308 g/mol. The molecule has 0 spiro atoms. The molecule has 1 aromatic heterocycles. The average molecular weight is 330 g/mol. The molecule has 0 aromatic carbocycles. The molecule has 2 rings (SSSR count). The van der Waals surface area contributed by atoms with Gasteiger partial charge in [0.05, 0.1) is 0 Å². The molecule has 1 fully saturated rings. The van der Waals surface area contributed by atoms with Crippen LogP contribution in [0.1, 0.15) is 26.7 Å². The second-order valence-electron chi connectivity index (χ2n) is 5.12. The molecule has 21 heavy (non-hydrogen) atoms. The SMILES string of the molecule is CCN(CC)C(=O)C1CCN(S(=O)(=O)c2cccs2)CC1. The minimum Gasteiger partial charge on any atom is -0.343 e. The first-order valence-electron chi connectivity index (χ1n) is 7.33. The van der Waals surface area contributed by atoms with Crippen molar-refractivity contribution in [3.8, 4) is 0 Å². The first kappa shape index (κ1) is 16.5. The zero-order valence-electron chi connectivity index (χ0n) is 12.5. The van der Waals surface area contributed by atoms with Crippen LogP contribution in [-0.4, -0.2) is 49.7 Å². The van der Waals surface area contributed by atoms with Gasteiger partial charge in [-0.25, -0.2) is 8.42 Å². The summed E-state index contributed by atoms with van der Waals surface area (Å²) >= 11 is 1.24. The maximum absolute atomic E-state index is 12.4. The third kappa shape index (κ3) is 3.46. The van der Waals surface area contributed by atoms with Gasteiger partial charge in [-0.1, -0.05) is 6.07 Å². The molecule has 0 N–H and O–H groups in total. The predicted octanol–water partition coefficient (Wildman–Crippen LogP) is 2.02. The van der Waals surface area contributed by atoms with Crippen molar-refractivity contribution in [3.63, 3.8) is 0 Å². The van der Waals surface area contributed by atoms with Crippen molar-refractivity contribution in [2.45, 2.75) is 30.9 Å². The fourth-order valence-corrected chi connectivity index (χ4v) is 5.29. The van der Waals surface area contributed by atoms with Crippen LogP contribution >= 0.6 is 11.3 Å². The lowest BCUT2D eigenvalue weighted by Crippen LogP contribution is -2.44. The topological polar surface area (TPSA) is 57.7 Å². The molecule has 0 aliphatic carbocycles. The lowest BCUT2D eigenvalue weighted by Gasteiger charge is -2.32. The molecule has 1 saturated heterocycles. The van der Waals surface area contributed by atoms with Crippen LogP contribution in [0.15, 0.2) is 21.7 Å². The normalized spacial score (nSPS) is 17.8. The third-order valence-corrected chi connectivity index (χ3v) is 7.24. The van der Waals surface area contributed by atoms with Gasteiger partial charge in [-0.2, -0.15) is 4.31 Å². The van der Waals surface area contributed by atoms with Crippen LogP contribution in [0, 0.1) is 5.92 Å². The maximum atomic E-state index is 12.4. The van der Waals surface area contributed by atoms with Crippen molar-refractivity contribution in [2.24, 2.45) is 5.92 Å². The van der Waals surface area contributed by atoms with Crippen molar-refractivity contribution in [3.05, 3.63) is 17.5 Å². The highest BCUT2D eigenvalue weighted by Crippen LogP contribution is 2.27. The van der Waals surface area contributed by atoms with Crippen molar-refractivity contribution in [1.82, 2.24) is 9.21 Å². The third-order valence-electron chi connectivity index (χ3n) is 3.97. The van der Waals surface area contributed by atoms with Gasteiger partial charge in [0.1, 0.15) is 4.21 Å². The van der Waals surface area contributed by atoms with Crippen LogP contribution < -0.4 is 0 Å². The minimum absolute atomic E-state index is 0.0420. The molecule has 2 heterocycles. The van der Waals surface area contributed by atoms with E-state index in [2.05, 4.69) is 0 Å². The fraction of sp³-hybridized carbons (Fsp3) is 0.643. The zero-order chi connectivity index (χ0) is 15.5. The molecule has 5 nitrogen and oxygen atoms in total. The van der Waals surface area contributed by atoms with E-state index in [4.69, 9.17) is 0 Å². The number of carbonyl (C=O) groups excluding carboxylic acids is 1. The van der Waals surface area contributed by atoms with Gasteiger partial charge in [-0.05, 0) is 38.1 Å². The van der Waals surface area contributed by atoms with Crippen LogP contribution in [0.3, 0.4) is 0 Å². The van der Waals surface area contributed by atoms with E-state index in [-0.39, 0.29) is 11.8 Å². The molecule has 0 saturated carbocycles. The lowest BCUT2D eigenvalue weighted by atomic mass is 9.96. The van der Waals surface area contributed by atoms with Crippen LogP contribution in [0.25, 0.3) is 0 Å². The first-order chi connectivity index (χ1) is 10.0. The molecule has 1 aromatic rings. The number of piperidine rings is 1. The highest BCUT2D eigenvalue weighted by molar-refractivity contribution is 7.91. The van der Waals surface area contributed by atoms with Crippen LogP contribution in [0.5, 0.6) is 0 Å². The Bertz CT molecular complexity index is 557. The van der Waals surface area contributed by atoms with Gasteiger partial charge in [0.15, 0.2) is 0 Å². The number of sulfonamides is 1. The summed E-state index contributed by atoms with van der Waals surface area (Å²) < 4.78 is 26.7. The molecule has 0 atom stereocenters. The monoisotopic (exact) mass is 330 g/mol. The van der Waals surface area contributed by atoms with Crippen LogP contribution in [0.4, 0.5) is 0 Å². The van der Waals surface area contributed by atoms with E-state index in [1.54, 1.807) is 17.5 Å². The smallest absolute Gasteiger partial charge is 0.252 e. The molecule has 1 amide bonds. The Morgan fingerprint density at radius 1 is 1.33 bits per heavy atom. The second kappa shape index (κ2) is 6.89. The van der Waals surface area contributed by atoms with E-state index in [1.807, 2.05) is 18.7 Å². The number of carbonyl (C=O) groups is 1. The summed E-state index contributed by atoms with van der Waals surface area (Å²) in [6.45, 7) is 6.22. The van der Waals surface area contributed by atoms with E-state index >= 15 is 0 Å². The van der Waals surface area contributed by atoms with Gasteiger partial charge in [0.25, 0.3) is 10.0 Å². The van der Waals surface area contributed by atoms with Crippen LogP contribution in [0.2, 0.25) is 0 Å². The summed E-state index contributed by atoms with van der Waals surface area (Å²) in [6, 6.07) is 3.38. The summed E-state index contributed by atoms with van der Waals surface area (Å²) in [6.07, 6.45) is 1.22. The summed E-state index contributed by atoms with van der Waals surface area (Å²) in [4.78, 5) is 14.1. The highest BCUT2D eigenvalue weighted by Gasteiger charge is 2.33. The summed E-state index contributed by atoms with van der Waals surface area (Å²) in [7, 11) is -3.37. The van der Waals surface area contributed by atoms with E-state index in [1.165, 1.54) is 15.6 Å². The molecule has 7 heteroatoms. The summed E-state index contributed by atoms with van der Waals surface area (Å²) in [5.41, 5.74) is 0. The summed E-state index contributed by atoms with van der Waals surface area (Å²) in [5.74, 6) is 0.118. The van der Waals surface area contributed by atoms with E-state index < -0.39 is 10.0 Å². The van der Waals surface area contributed by atoms with Crippen molar-refractivity contribution >= 4 is 27.3 Å². The lowest BCUT2D eigenvalue weighted by molar-refractivity contribution is -0.136. The van der Waals surface area contributed by atoms with Gasteiger partial charge in [-0.3, -0.25) is 4.79 Å². The zero-order valence-corrected chi connectivity index (χ0v) is 14.1. The quantitative estimate of drug-likeness (QED) is 0.830. The van der Waals surface area contributed by atoms with Crippen molar-refractivity contribution in [2.75, 3.05) is 26.2 Å². The standard InChI is InChI=1S/C14H22N2O3S2/c1-3-15(4-2)14(17)12-7-9-16(10-8-12)21(18,19)13-6-5-11-20-13/h5-6,11-12H,3-4,7-10H2,1-2H3. The number of amides is 1. The number of rotatable bonds is 5. The Balaban J connectivity index is 1.99.